The van der Waals surface area contributed by atoms with Crippen molar-refractivity contribution in [3.8, 4) is 17.2 Å². The van der Waals surface area contributed by atoms with Gasteiger partial charge in [0.2, 0.25) is 11.6 Å². The van der Waals surface area contributed by atoms with Crippen LogP contribution in [0.5, 0.6) is 17.2 Å². The zero-order chi connectivity index (χ0) is 22.7. The number of benzene rings is 3. The Morgan fingerprint density at radius 1 is 0.938 bits per heavy atom. The first kappa shape index (κ1) is 21.1. The molecule has 4 rings (SSSR count). The van der Waals surface area contributed by atoms with Crippen LogP contribution in [0.2, 0.25) is 0 Å². The number of hydrogen-bond donors (Lipinski definition) is 0. The third-order valence-corrected chi connectivity index (χ3v) is 4.86. The van der Waals surface area contributed by atoms with Crippen molar-refractivity contribution < 1.29 is 27.8 Å². The molecular formula is C25H20FNO5. The second kappa shape index (κ2) is 8.93. The summed E-state index contributed by atoms with van der Waals surface area (Å²) in [6, 6.07) is 16.2. The molecule has 6 nitrogen and oxygen atoms in total. The number of hydrogen-bond acceptors (Lipinski definition) is 6. The lowest BCUT2D eigenvalue weighted by Crippen LogP contribution is -2.05. The molecule has 0 aliphatic carbocycles. The monoisotopic (exact) mass is 433 g/mol. The Labute approximate surface area is 183 Å². The summed E-state index contributed by atoms with van der Waals surface area (Å²) in [4.78, 5) is 18.1. The molecule has 0 N–H and O–H groups in total. The van der Waals surface area contributed by atoms with Crippen LogP contribution in [0.3, 0.4) is 0 Å². The van der Waals surface area contributed by atoms with Crippen LogP contribution in [-0.4, -0.2) is 32.1 Å². The summed E-state index contributed by atoms with van der Waals surface area (Å²) in [6.45, 7) is 0. The van der Waals surface area contributed by atoms with Gasteiger partial charge in [0.15, 0.2) is 22.9 Å². The predicted octanol–water partition coefficient (Wildman–Crippen LogP) is 5.42. The van der Waals surface area contributed by atoms with Crippen molar-refractivity contribution in [3.63, 3.8) is 0 Å². The van der Waals surface area contributed by atoms with E-state index >= 15 is 0 Å². The molecule has 0 aliphatic rings. The maximum absolute atomic E-state index is 13.8. The van der Waals surface area contributed by atoms with Gasteiger partial charge in [0.05, 0.1) is 26.9 Å². The summed E-state index contributed by atoms with van der Waals surface area (Å²) >= 11 is 0. The van der Waals surface area contributed by atoms with Crippen LogP contribution >= 0.6 is 0 Å². The molecule has 0 fully saturated rings. The molecule has 0 saturated heterocycles. The standard InChI is InChI=1S/C25H20FNO5/c1-29-21-13-16(14-22(30-2)24(21)31-3)23(28)18(12-15-7-6-8-17(26)11-15)25-27-19-9-4-5-10-20(19)32-25/h4-14H,1-3H3. The molecule has 32 heavy (non-hydrogen) atoms. The number of oxazole rings is 1. The number of allylic oxidation sites excluding steroid dienone is 1. The molecule has 0 spiro atoms. The van der Waals surface area contributed by atoms with E-state index in [1.54, 1.807) is 42.5 Å². The second-order valence-corrected chi connectivity index (χ2v) is 6.84. The number of ether oxygens (including phenoxy) is 3. The zero-order valence-corrected chi connectivity index (χ0v) is 17.7. The van der Waals surface area contributed by atoms with Crippen LogP contribution in [0.15, 0.2) is 65.1 Å². The fourth-order valence-corrected chi connectivity index (χ4v) is 3.34. The number of fused-ring (bicyclic) bond motifs is 1. The molecule has 162 valence electrons. The molecule has 4 aromatic rings. The molecule has 0 atom stereocenters. The van der Waals surface area contributed by atoms with E-state index in [0.717, 1.165) is 0 Å². The van der Waals surface area contributed by atoms with Crippen LogP contribution in [0.25, 0.3) is 22.7 Å². The van der Waals surface area contributed by atoms with Crippen molar-refractivity contribution in [1.82, 2.24) is 4.98 Å². The third-order valence-electron chi connectivity index (χ3n) is 4.86. The smallest absolute Gasteiger partial charge is 0.231 e. The van der Waals surface area contributed by atoms with E-state index in [0.29, 0.717) is 33.9 Å². The van der Waals surface area contributed by atoms with Crippen LogP contribution < -0.4 is 14.2 Å². The normalized spacial score (nSPS) is 11.4. The maximum Gasteiger partial charge on any atom is 0.231 e. The summed E-state index contributed by atoms with van der Waals surface area (Å²) in [5.41, 5.74) is 2.05. The van der Waals surface area contributed by atoms with Gasteiger partial charge in [-0.25, -0.2) is 9.37 Å². The van der Waals surface area contributed by atoms with Crippen LogP contribution in [0.4, 0.5) is 4.39 Å². The van der Waals surface area contributed by atoms with Gasteiger partial charge in [-0.05, 0) is 48.0 Å². The quantitative estimate of drug-likeness (QED) is 0.286. The second-order valence-electron chi connectivity index (χ2n) is 6.84. The minimum absolute atomic E-state index is 0.120. The number of carbonyl (C=O) groups excluding carboxylic acids is 1. The minimum Gasteiger partial charge on any atom is -0.493 e. The number of methoxy groups -OCH3 is 3. The Morgan fingerprint density at radius 3 is 2.28 bits per heavy atom. The van der Waals surface area contributed by atoms with E-state index in [2.05, 4.69) is 4.98 Å². The summed E-state index contributed by atoms with van der Waals surface area (Å²) in [5.74, 6) is 0.324. The fraction of sp³-hybridized carbons (Fsp3) is 0.120. The predicted molar refractivity (Wildman–Crippen MR) is 119 cm³/mol. The average molecular weight is 433 g/mol. The Morgan fingerprint density at radius 2 is 1.66 bits per heavy atom. The van der Waals surface area contributed by atoms with E-state index in [4.69, 9.17) is 18.6 Å². The zero-order valence-electron chi connectivity index (χ0n) is 17.7. The number of carbonyl (C=O) groups is 1. The van der Waals surface area contributed by atoms with E-state index in [-0.39, 0.29) is 17.0 Å². The van der Waals surface area contributed by atoms with Crippen molar-refractivity contribution in [3.05, 3.63) is 83.5 Å². The molecular weight excluding hydrogens is 413 g/mol. The fourth-order valence-electron chi connectivity index (χ4n) is 3.34. The van der Waals surface area contributed by atoms with Gasteiger partial charge in [-0.2, -0.15) is 0 Å². The lowest BCUT2D eigenvalue weighted by Gasteiger charge is -2.14. The van der Waals surface area contributed by atoms with Gasteiger partial charge in [0.1, 0.15) is 11.3 Å². The van der Waals surface area contributed by atoms with E-state index in [1.807, 2.05) is 12.1 Å². The van der Waals surface area contributed by atoms with Crippen molar-refractivity contribution >= 4 is 28.5 Å². The first-order chi connectivity index (χ1) is 15.5. The highest BCUT2D eigenvalue weighted by Gasteiger charge is 2.24. The average Bonchev–Trinajstić information content (AvgIpc) is 3.25. The lowest BCUT2D eigenvalue weighted by molar-refractivity contribution is 0.105. The number of aromatic nitrogens is 1. The molecule has 1 aromatic heterocycles. The number of ketones is 1. The summed E-state index contributed by atoms with van der Waals surface area (Å²) in [5, 5.41) is 0. The van der Waals surface area contributed by atoms with E-state index < -0.39 is 11.6 Å². The van der Waals surface area contributed by atoms with Gasteiger partial charge in [-0.3, -0.25) is 4.79 Å². The molecule has 7 heteroatoms. The molecule has 0 radical (unpaired) electrons. The van der Waals surface area contributed by atoms with Gasteiger partial charge >= 0.3 is 0 Å². The first-order valence-corrected chi connectivity index (χ1v) is 9.72. The van der Waals surface area contributed by atoms with Crippen molar-refractivity contribution in [1.29, 1.82) is 0 Å². The first-order valence-electron chi connectivity index (χ1n) is 9.72. The van der Waals surface area contributed by atoms with Gasteiger partial charge in [-0.1, -0.05) is 24.3 Å². The molecule has 0 saturated carbocycles. The summed E-state index contributed by atoms with van der Waals surface area (Å²) in [6.07, 6.45) is 1.54. The van der Waals surface area contributed by atoms with Crippen molar-refractivity contribution in [2.45, 2.75) is 0 Å². The number of nitrogens with zero attached hydrogens (tertiary/aromatic N) is 1. The third kappa shape index (κ3) is 4.05. The SMILES string of the molecule is COc1cc(C(=O)C(=Cc2cccc(F)c2)c2nc3ccccc3o2)cc(OC)c1OC. The Kier molecular flexibility index (Phi) is 5.89. The Balaban J connectivity index is 1.89. The molecule has 0 aliphatic heterocycles. The summed E-state index contributed by atoms with van der Waals surface area (Å²) < 4.78 is 35.7. The van der Waals surface area contributed by atoms with Crippen LogP contribution in [-0.2, 0) is 0 Å². The number of rotatable bonds is 7. The van der Waals surface area contributed by atoms with Gasteiger partial charge < -0.3 is 18.6 Å². The molecule has 1 heterocycles. The number of halogens is 1. The van der Waals surface area contributed by atoms with Gasteiger partial charge in [0, 0.05) is 5.56 Å². The van der Waals surface area contributed by atoms with Crippen LogP contribution in [0, 0.1) is 5.82 Å². The molecule has 3 aromatic carbocycles. The lowest BCUT2D eigenvalue weighted by atomic mass is 9.99. The maximum atomic E-state index is 13.8. The highest BCUT2D eigenvalue weighted by molar-refractivity contribution is 6.31. The number of para-hydroxylation sites is 2. The molecule has 0 amide bonds. The van der Waals surface area contributed by atoms with E-state index in [1.165, 1.54) is 33.5 Å². The largest absolute Gasteiger partial charge is 0.493 e. The van der Waals surface area contributed by atoms with Crippen molar-refractivity contribution in [2.75, 3.05) is 21.3 Å². The Bertz CT molecular complexity index is 1270. The number of Topliss-reactive ketones (excluding diaryl/α,β-unsaturated/α-hetero) is 1. The van der Waals surface area contributed by atoms with Crippen molar-refractivity contribution in [2.24, 2.45) is 0 Å². The summed E-state index contributed by atoms with van der Waals surface area (Å²) in [7, 11) is 4.42. The Hall–Kier alpha value is -4.13. The minimum atomic E-state index is -0.420. The molecule has 0 bridgehead atoms. The van der Waals surface area contributed by atoms with E-state index in [9.17, 15) is 9.18 Å². The highest BCUT2D eigenvalue weighted by Crippen LogP contribution is 2.39. The topological polar surface area (TPSA) is 70.8 Å². The molecule has 0 unspecified atom stereocenters. The highest BCUT2D eigenvalue weighted by atomic mass is 19.1. The van der Waals surface area contributed by atoms with Gasteiger partial charge in [-0.15, -0.1) is 0 Å². The van der Waals surface area contributed by atoms with Gasteiger partial charge in [0.25, 0.3) is 0 Å². The van der Waals surface area contributed by atoms with Crippen LogP contribution in [0.1, 0.15) is 21.8 Å².